The summed E-state index contributed by atoms with van der Waals surface area (Å²) >= 11 is 0. The lowest BCUT2D eigenvalue weighted by Gasteiger charge is -2.19. The molecule has 1 rings (SSSR count). The molecule has 4 heteroatoms. The first-order valence-electron chi connectivity index (χ1n) is 6.63. The Hall–Kier alpha value is -1.58. The van der Waals surface area contributed by atoms with Crippen LogP contribution in [0.3, 0.4) is 0 Å². The van der Waals surface area contributed by atoms with Crippen LogP contribution in [0.5, 0.6) is 0 Å². The number of hydrogen-bond acceptors (Lipinski definition) is 3. The number of anilines is 1. The normalized spacial score (nSPS) is 12.1. The Morgan fingerprint density at radius 1 is 1.39 bits per heavy atom. The van der Waals surface area contributed by atoms with E-state index in [-0.39, 0.29) is 5.69 Å². The molecule has 4 nitrogen and oxygen atoms in total. The standard InChI is InChI=1S/C14H22N2O2/c1-3-5-8-11(7-4-2)16-12-9-6-10-15-13(12)14(17)18/h6,9-11,16H,3-5,7-8H2,1-2H3,(H,17,18). The summed E-state index contributed by atoms with van der Waals surface area (Å²) in [6, 6.07) is 3.88. The average molecular weight is 250 g/mol. The molecule has 100 valence electrons. The predicted octanol–water partition coefficient (Wildman–Crippen LogP) is 3.55. The van der Waals surface area contributed by atoms with Gasteiger partial charge in [0.2, 0.25) is 0 Å². The monoisotopic (exact) mass is 250 g/mol. The second-order valence-electron chi connectivity index (χ2n) is 4.48. The van der Waals surface area contributed by atoms with E-state index in [4.69, 9.17) is 5.11 Å². The maximum Gasteiger partial charge on any atom is 0.356 e. The van der Waals surface area contributed by atoms with Gasteiger partial charge in [-0.2, -0.15) is 0 Å². The van der Waals surface area contributed by atoms with Crippen LogP contribution in [0.15, 0.2) is 18.3 Å². The minimum absolute atomic E-state index is 0.107. The van der Waals surface area contributed by atoms with Crippen LogP contribution in [-0.2, 0) is 0 Å². The highest BCUT2D eigenvalue weighted by Gasteiger charge is 2.14. The second kappa shape index (κ2) is 7.69. The lowest BCUT2D eigenvalue weighted by atomic mass is 10.0. The molecule has 1 heterocycles. The quantitative estimate of drug-likeness (QED) is 0.740. The number of nitrogens with zero attached hydrogens (tertiary/aromatic N) is 1. The molecule has 0 bridgehead atoms. The van der Waals surface area contributed by atoms with E-state index >= 15 is 0 Å². The molecule has 18 heavy (non-hydrogen) atoms. The number of aromatic carboxylic acids is 1. The van der Waals surface area contributed by atoms with Gasteiger partial charge in [0.05, 0.1) is 5.69 Å². The number of carbonyl (C=O) groups is 1. The van der Waals surface area contributed by atoms with Crippen molar-refractivity contribution in [2.24, 2.45) is 0 Å². The Labute approximate surface area is 108 Å². The Balaban J connectivity index is 2.76. The first kappa shape index (κ1) is 14.5. The smallest absolute Gasteiger partial charge is 0.356 e. The number of carboxylic acid groups (broad SMARTS) is 1. The number of rotatable bonds is 8. The Bertz CT molecular complexity index is 380. The largest absolute Gasteiger partial charge is 0.476 e. The van der Waals surface area contributed by atoms with Gasteiger partial charge in [0.25, 0.3) is 0 Å². The van der Waals surface area contributed by atoms with Crippen LogP contribution in [0.2, 0.25) is 0 Å². The minimum Gasteiger partial charge on any atom is -0.476 e. The van der Waals surface area contributed by atoms with Crippen molar-refractivity contribution < 1.29 is 9.90 Å². The van der Waals surface area contributed by atoms with Gasteiger partial charge < -0.3 is 10.4 Å². The number of carboxylic acids is 1. The molecule has 1 aromatic heterocycles. The topological polar surface area (TPSA) is 62.2 Å². The van der Waals surface area contributed by atoms with Crippen molar-refractivity contribution in [3.8, 4) is 0 Å². The number of unbranched alkanes of at least 4 members (excludes halogenated alkanes) is 1. The third-order valence-electron chi connectivity index (χ3n) is 2.91. The highest BCUT2D eigenvalue weighted by atomic mass is 16.4. The van der Waals surface area contributed by atoms with Crippen molar-refractivity contribution in [2.75, 3.05) is 5.32 Å². The maximum absolute atomic E-state index is 11.1. The van der Waals surface area contributed by atoms with Crippen LogP contribution in [0.4, 0.5) is 5.69 Å². The summed E-state index contributed by atoms with van der Waals surface area (Å²) in [5, 5.41) is 12.4. The fourth-order valence-electron chi connectivity index (χ4n) is 2.00. The fourth-order valence-corrected chi connectivity index (χ4v) is 2.00. The molecule has 1 aromatic rings. The van der Waals surface area contributed by atoms with E-state index in [1.807, 2.05) is 0 Å². The van der Waals surface area contributed by atoms with Crippen LogP contribution in [-0.4, -0.2) is 22.1 Å². The van der Waals surface area contributed by atoms with Crippen molar-refractivity contribution in [1.29, 1.82) is 0 Å². The van der Waals surface area contributed by atoms with Gasteiger partial charge in [-0.25, -0.2) is 9.78 Å². The Morgan fingerprint density at radius 3 is 2.78 bits per heavy atom. The zero-order valence-electron chi connectivity index (χ0n) is 11.1. The molecule has 2 N–H and O–H groups in total. The van der Waals surface area contributed by atoms with Gasteiger partial charge in [-0.3, -0.25) is 0 Å². The molecule has 0 fully saturated rings. The van der Waals surface area contributed by atoms with Gasteiger partial charge in [-0.15, -0.1) is 0 Å². The third kappa shape index (κ3) is 4.35. The van der Waals surface area contributed by atoms with E-state index < -0.39 is 5.97 Å². The summed E-state index contributed by atoms with van der Waals surface area (Å²) in [4.78, 5) is 15.0. The summed E-state index contributed by atoms with van der Waals surface area (Å²) < 4.78 is 0. The van der Waals surface area contributed by atoms with Crippen LogP contribution < -0.4 is 5.32 Å². The highest BCUT2D eigenvalue weighted by molar-refractivity contribution is 5.91. The van der Waals surface area contributed by atoms with Crippen LogP contribution in [0.1, 0.15) is 56.4 Å². The molecule has 0 radical (unpaired) electrons. The lowest BCUT2D eigenvalue weighted by molar-refractivity contribution is 0.0691. The van der Waals surface area contributed by atoms with E-state index in [1.54, 1.807) is 12.1 Å². The molecule has 0 aliphatic heterocycles. The molecule has 1 unspecified atom stereocenters. The van der Waals surface area contributed by atoms with E-state index in [9.17, 15) is 4.79 Å². The van der Waals surface area contributed by atoms with Gasteiger partial charge in [0.15, 0.2) is 5.69 Å². The number of hydrogen-bond donors (Lipinski definition) is 2. The fraction of sp³-hybridized carbons (Fsp3) is 0.571. The predicted molar refractivity (Wildman–Crippen MR) is 73.0 cm³/mol. The van der Waals surface area contributed by atoms with Crippen molar-refractivity contribution >= 4 is 11.7 Å². The summed E-state index contributed by atoms with van der Waals surface area (Å²) in [6.45, 7) is 4.30. The molecule has 0 amide bonds. The molecule has 0 aliphatic rings. The SMILES string of the molecule is CCCCC(CCC)Nc1cccnc1C(=O)O. The van der Waals surface area contributed by atoms with Crippen LogP contribution in [0.25, 0.3) is 0 Å². The van der Waals surface area contributed by atoms with E-state index in [2.05, 4.69) is 24.1 Å². The molecule has 0 saturated carbocycles. The zero-order valence-corrected chi connectivity index (χ0v) is 11.1. The molecule has 0 aliphatic carbocycles. The first-order valence-corrected chi connectivity index (χ1v) is 6.63. The highest BCUT2D eigenvalue weighted by Crippen LogP contribution is 2.18. The van der Waals surface area contributed by atoms with Crippen molar-refractivity contribution in [3.63, 3.8) is 0 Å². The van der Waals surface area contributed by atoms with Gasteiger partial charge >= 0.3 is 5.97 Å². The number of aromatic nitrogens is 1. The van der Waals surface area contributed by atoms with E-state index in [0.717, 1.165) is 32.1 Å². The second-order valence-corrected chi connectivity index (χ2v) is 4.48. The Kier molecular flexibility index (Phi) is 6.19. The molecular weight excluding hydrogens is 228 g/mol. The van der Waals surface area contributed by atoms with Crippen molar-refractivity contribution in [3.05, 3.63) is 24.0 Å². The molecule has 0 spiro atoms. The molecular formula is C14H22N2O2. The number of nitrogens with one attached hydrogen (secondary N) is 1. The van der Waals surface area contributed by atoms with Gasteiger partial charge in [0.1, 0.15) is 0 Å². The number of pyridine rings is 1. The van der Waals surface area contributed by atoms with Gasteiger partial charge in [0, 0.05) is 12.2 Å². The summed E-state index contributed by atoms with van der Waals surface area (Å²) in [5.74, 6) is -0.983. The average Bonchev–Trinajstić information content (AvgIpc) is 2.36. The maximum atomic E-state index is 11.1. The Morgan fingerprint density at radius 2 is 2.17 bits per heavy atom. The summed E-state index contributed by atoms with van der Waals surface area (Å²) in [7, 11) is 0. The van der Waals surface area contributed by atoms with E-state index in [0.29, 0.717) is 11.7 Å². The first-order chi connectivity index (χ1) is 8.69. The lowest BCUT2D eigenvalue weighted by Crippen LogP contribution is -2.21. The summed E-state index contributed by atoms with van der Waals surface area (Å²) in [6.07, 6.45) is 7.02. The van der Waals surface area contributed by atoms with Crippen LogP contribution in [0, 0.1) is 0 Å². The molecule has 0 saturated heterocycles. The minimum atomic E-state index is -0.983. The van der Waals surface area contributed by atoms with Crippen LogP contribution >= 0.6 is 0 Å². The zero-order chi connectivity index (χ0) is 13.4. The molecule has 1 atom stereocenters. The van der Waals surface area contributed by atoms with Gasteiger partial charge in [-0.05, 0) is 25.0 Å². The third-order valence-corrected chi connectivity index (χ3v) is 2.91. The van der Waals surface area contributed by atoms with Crippen molar-refractivity contribution in [1.82, 2.24) is 4.98 Å². The van der Waals surface area contributed by atoms with Gasteiger partial charge in [-0.1, -0.05) is 33.1 Å². The van der Waals surface area contributed by atoms with Crippen molar-refractivity contribution in [2.45, 2.75) is 52.0 Å². The van der Waals surface area contributed by atoms with E-state index in [1.165, 1.54) is 6.20 Å². The summed E-state index contributed by atoms with van der Waals surface area (Å²) in [5.41, 5.74) is 0.731. The molecule has 0 aromatic carbocycles.